The second-order valence-corrected chi connectivity index (χ2v) is 5.43. The molecule has 0 radical (unpaired) electrons. The molecule has 108 valence electrons. The Morgan fingerprint density at radius 2 is 2.30 bits per heavy atom. The molecule has 0 aromatic carbocycles. The largest absolute Gasteiger partial charge is 0.368 e. The molecule has 0 saturated carbocycles. The predicted octanol–water partition coefficient (Wildman–Crippen LogP) is 0.735. The fraction of sp³-hybridized carbons (Fsp3) is 0.600. The van der Waals surface area contributed by atoms with Crippen LogP contribution in [0.3, 0.4) is 0 Å². The summed E-state index contributed by atoms with van der Waals surface area (Å²) < 4.78 is 5.74. The Balaban J connectivity index is 1.51. The lowest BCUT2D eigenvalue weighted by Crippen LogP contribution is -2.40. The maximum Gasteiger partial charge on any atom is 0.248 e. The van der Waals surface area contributed by atoms with Gasteiger partial charge in [0, 0.05) is 31.4 Å². The molecule has 20 heavy (non-hydrogen) atoms. The first-order valence-corrected chi connectivity index (χ1v) is 7.36. The highest BCUT2D eigenvalue weighted by Gasteiger charge is 2.22. The van der Waals surface area contributed by atoms with Gasteiger partial charge in [-0.2, -0.15) is 0 Å². The number of aromatic nitrogens is 1. The van der Waals surface area contributed by atoms with Crippen molar-refractivity contribution in [2.24, 2.45) is 0 Å². The third-order valence-electron chi connectivity index (χ3n) is 4.05. The Morgan fingerprint density at radius 3 is 3.15 bits per heavy atom. The Bertz CT molecular complexity index is 472. The molecule has 3 heterocycles. The molecule has 0 bridgehead atoms. The lowest BCUT2D eigenvalue weighted by Gasteiger charge is -2.29. The quantitative estimate of drug-likeness (QED) is 0.884. The minimum absolute atomic E-state index is 0.0954. The highest BCUT2D eigenvalue weighted by molar-refractivity contribution is 5.77. The number of pyridine rings is 1. The van der Waals surface area contributed by atoms with Gasteiger partial charge in [0.15, 0.2) is 0 Å². The number of amides is 1. The SMILES string of the molecule is O=C(COC1CCNCC1)N1CCc2ncccc2C1. The van der Waals surface area contributed by atoms with Crippen molar-refractivity contribution >= 4 is 5.91 Å². The normalized spacial score (nSPS) is 19.7. The molecule has 1 amide bonds. The van der Waals surface area contributed by atoms with E-state index < -0.39 is 0 Å². The number of carbonyl (C=O) groups excluding carboxylic acids is 1. The lowest BCUT2D eigenvalue weighted by molar-refractivity contribution is -0.139. The maximum absolute atomic E-state index is 12.2. The number of hydrogen-bond acceptors (Lipinski definition) is 4. The zero-order chi connectivity index (χ0) is 13.8. The molecule has 1 saturated heterocycles. The predicted molar refractivity (Wildman–Crippen MR) is 75.2 cm³/mol. The van der Waals surface area contributed by atoms with Gasteiger partial charge in [0.25, 0.3) is 0 Å². The first-order valence-electron chi connectivity index (χ1n) is 7.36. The molecule has 2 aliphatic rings. The number of hydrogen-bond donors (Lipinski definition) is 1. The fourth-order valence-corrected chi connectivity index (χ4v) is 2.82. The van der Waals surface area contributed by atoms with Crippen molar-refractivity contribution in [2.45, 2.75) is 31.9 Å². The Hall–Kier alpha value is -1.46. The van der Waals surface area contributed by atoms with Crippen LogP contribution in [-0.4, -0.2) is 48.1 Å². The van der Waals surface area contributed by atoms with Crippen molar-refractivity contribution in [3.63, 3.8) is 0 Å². The number of fused-ring (bicyclic) bond motifs is 1. The summed E-state index contributed by atoms with van der Waals surface area (Å²) >= 11 is 0. The number of piperidine rings is 1. The molecule has 1 aromatic heterocycles. The minimum Gasteiger partial charge on any atom is -0.368 e. The van der Waals surface area contributed by atoms with E-state index in [4.69, 9.17) is 4.74 Å². The maximum atomic E-state index is 12.2. The zero-order valence-electron chi connectivity index (χ0n) is 11.7. The van der Waals surface area contributed by atoms with Gasteiger partial charge in [-0.25, -0.2) is 0 Å². The van der Waals surface area contributed by atoms with E-state index in [1.807, 2.05) is 17.2 Å². The van der Waals surface area contributed by atoms with Crippen molar-refractivity contribution < 1.29 is 9.53 Å². The summed E-state index contributed by atoms with van der Waals surface area (Å²) in [6.45, 7) is 3.60. The average molecular weight is 275 g/mol. The van der Waals surface area contributed by atoms with Gasteiger partial charge in [-0.1, -0.05) is 6.07 Å². The molecule has 0 atom stereocenters. The van der Waals surface area contributed by atoms with Gasteiger partial charge in [-0.3, -0.25) is 9.78 Å². The third-order valence-corrected chi connectivity index (χ3v) is 4.05. The van der Waals surface area contributed by atoms with Crippen molar-refractivity contribution in [3.05, 3.63) is 29.6 Å². The summed E-state index contributed by atoms with van der Waals surface area (Å²) in [5.41, 5.74) is 2.28. The van der Waals surface area contributed by atoms with E-state index in [1.165, 1.54) is 0 Å². The second kappa shape index (κ2) is 6.33. The fourth-order valence-electron chi connectivity index (χ4n) is 2.82. The van der Waals surface area contributed by atoms with Gasteiger partial charge in [0.1, 0.15) is 6.61 Å². The number of ether oxygens (including phenoxy) is 1. The van der Waals surface area contributed by atoms with E-state index in [-0.39, 0.29) is 18.6 Å². The van der Waals surface area contributed by atoms with E-state index >= 15 is 0 Å². The molecular weight excluding hydrogens is 254 g/mol. The number of rotatable bonds is 3. The number of nitrogens with one attached hydrogen (secondary N) is 1. The van der Waals surface area contributed by atoms with E-state index in [9.17, 15) is 4.79 Å². The lowest BCUT2D eigenvalue weighted by atomic mass is 10.1. The van der Waals surface area contributed by atoms with E-state index in [0.29, 0.717) is 6.54 Å². The molecule has 0 unspecified atom stereocenters. The van der Waals surface area contributed by atoms with Crippen molar-refractivity contribution in [1.82, 2.24) is 15.2 Å². The standard InChI is InChI=1S/C15H21N3O2/c19-15(11-20-13-3-7-16-8-4-13)18-9-5-14-12(10-18)2-1-6-17-14/h1-2,6,13,16H,3-5,7-11H2. The summed E-state index contributed by atoms with van der Waals surface area (Å²) in [7, 11) is 0. The summed E-state index contributed by atoms with van der Waals surface area (Å²) in [6.07, 6.45) is 4.89. The van der Waals surface area contributed by atoms with Gasteiger partial charge in [0.2, 0.25) is 5.91 Å². The van der Waals surface area contributed by atoms with Crippen LogP contribution in [0.4, 0.5) is 0 Å². The van der Waals surface area contributed by atoms with Crippen LogP contribution in [0.15, 0.2) is 18.3 Å². The Kier molecular flexibility index (Phi) is 4.28. The average Bonchev–Trinajstić information content (AvgIpc) is 2.53. The van der Waals surface area contributed by atoms with Crippen LogP contribution < -0.4 is 5.32 Å². The third kappa shape index (κ3) is 3.16. The molecule has 1 fully saturated rings. The molecule has 0 spiro atoms. The highest BCUT2D eigenvalue weighted by Crippen LogP contribution is 2.16. The van der Waals surface area contributed by atoms with Crippen LogP contribution in [0.1, 0.15) is 24.1 Å². The molecule has 2 aliphatic heterocycles. The van der Waals surface area contributed by atoms with Crippen LogP contribution in [-0.2, 0) is 22.5 Å². The van der Waals surface area contributed by atoms with Gasteiger partial charge in [-0.15, -0.1) is 0 Å². The topological polar surface area (TPSA) is 54.5 Å². The summed E-state index contributed by atoms with van der Waals surface area (Å²) in [5.74, 6) is 0.0954. The van der Waals surface area contributed by atoms with E-state index in [0.717, 1.165) is 50.2 Å². The zero-order valence-corrected chi connectivity index (χ0v) is 11.7. The van der Waals surface area contributed by atoms with Crippen LogP contribution in [0, 0.1) is 0 Å². The number of nitrogens with zero attached hydrogens (tertiary/aromatic N) is 2. The molecular formula is C15H21N3O2. The highest BCUT2D eigenvalue weighted by atomic mass is 16.5. The van der Waals surface area contributed by atoms with Gasteiger partial charge >= 0.3 is 0 Å². The smallest absolute Gasteiger partial charge is 0.248 e. The van der Waals surface area contributed by atoms with E-state index in [2.05, 4.69) is 16.4 Å². The molecule has 3 rings (SSSR count). The van der Waals surface area contributed by atoms with Crippen LogP contribution in [0.5, 0.6) is 0 Å². The minimum atomic E-state index is 0.0954. The first-order chi connectivity index (χ1) is 9.83. The van der Waals surface area contributed by atoms with Crippen LogP contribution in [0.25, 0.3) is 0 Å². The van der Waals surface area contributed by atoms with Crippen molar-refractivity contribution in [1.29, 1.82) is 0 Å². The second-order valence-electron chi connectivity index (χ2n) is 5.43. The van der Waals surface area contributed by atoms with Crippen LogP contribution >= 0.6 is 0 Å². The summed E-state index contributed by atoms with van der Waals surface area (Å²) in [4.78, 5) is 18.5. The van der Waals surface area contributed by atoms with Crippen molar-refractivity contribution in [3.8, 4) is 0 Å². The first kappa shape index (κ1) is 13.5. The van der Waals surface area contributed by atoms with E-state index in [1.54, 1.807) is 0 Å². The van der Waals surface area contributed by atoms with Gasteiger partial charge in [-0.05, 0) is 37.6 Å². The molecule has 5 nitrogen and oxygen atoms in total. The summed E-state index contributed by atoms with van der Waals surface area (Å²) in [5, 5.41) is 3.29. The summed E-state index contributed by atoms with van der Waals surface area (Å²) in [6, 6.07) is 3.98. The van der Waals surface area contributed by atoms with Gasteiger partial charge in [0.05, 0.1) is 6.10 Å². The monoisotopic (exact) mass is 275 g/mol. The Labute approximate surface area is 119 Å². The van der Waals surface area contributed by atoms with Crippen molar-refractivity contribution in [2.75, 3.05) is 26.2 Å². The molecule has 1 N–H and O–H groups in total. The number of carbonyl (C=O) groups is 1. The molecule has 0 aliphatic carbocycles. The molecule has 5 heteroatoms. The molecule has 1 aromatic rings. The van der Waals surface area contributed by atoms with Crippen LogP contribution in [0.2, 0.25) is 0 Å². The Morgan fingerprint density at radius 1 is 1.45 bits per heavy atom. The van der Waals surface area contributed by atoms with Gasteiger partial charge < -0.3 is 15.0 Å².